The molecule has 0 radical (unpaired) electrons. The molecule has 0 bridgehead atoms. The number of ether oxygens (including phenoxy) is 1. The Hall–Kier alpha value is -2.14. The van der Waals surface area contributed by atoms with Crippen LogP contribution in [-0.4, -0.2) is 40.6 Å². The topological polar surface area (TPSA) is 66.8 Å². The Morgan fingerprint density at radius 3 is 2.27 bits per heavy atom. The molecule has 5 nitrogen and oxygen atoms in total. The van der Waals surface area contributed by atoms with E-state index in [9.17, 15) is 9.59 Å². The van der Waals surface area contributed by atoms with Gasteiger partial charge in [-0.15, -0.1) is 0 Å². The zero-order valence-electron chi connectivity index (χ0n) is 13.1. The van der Waals surface area contributed by atoms with Gasteiger partial charge in [0.25, 0.3) is 11.8 Å². The molecule has 1 aliphatic heterocycles. The lowest BCUT2D eigenvalue weighted by Gasteiger charge is -2.26. The Morgan fingerprint density at radius 2 is 1.77 bits per heavy atom. The Labute approximate surface area is 130 Å². The smallest absolute Gasteiger partial charge is 0.261 e. The monoisotopic (exact) mass is 303 g/mol. The third-order valence-corrected chi connectivity index (χ3v) is 3.67. The lowest BCUT2D eigenvalue weighted by molar-refractivity contribution is -0.0121. The van der Waals surface area contributed by atoms with Crippen molar-refractivity contribution in [1.29, 1.82) is 0 Å². The van der Waals surface area contributed by atoms with E-state index in [0.717, 1.165) is 0 Å². The highest BCUT2D eigenvalue weighted by Crippen LogP contribution is 2.24. The molecule has 0 atom stereocenters. The van der Waals surface area contributed by atoms with Gasteiger partial charge in [0.1, 0.15) is 0 Å². The van der Waals surface area contributed by atoms with Crippen LogP contribution in [0.4, 0.5) is 0 Å². The first-order valence-corrected chi connectivity index (χ1v) is 7.27. The minimum Gasteiger partial charge on any atom is -0.513 e. The quantitative estimate of drug-likeness (QED) is 0.648. The maximum Gasteiger partial charge on any atom is 0.261 e. The summed E-state index contributed by atoms with van der Waals surface area (Å²) in [4.78, 5) is 25.8. The number of carbonyl (C=O) groups excluding carboxylic acids is 2. The van der Waals surface area contributed by atoms with Crippen molar-refractivity contribution in [2.75, 3.05) is 13.2 Å². The van der Waals surface area contributed by atoms with Gasteiger partial charge < -0.3 is 9.84 Å². The number of rotatable bonds is 6. The van der Waals surface area contributed by atoms with E-state index in [1.165, 1.54) is 4.90 Å². The Kier molecular flexibility index (Phi) is 4.66. The largest absolute Gasteiger partial charge is 0.513 e. The van der Waals surface area contributed by atoms with Gasteiger partial charge in [0.15, 0.2) is 0 Å². The number of aliphatic hydroxyl groups is 1. The van der Waals surface area contributed by atoms with Crippen molar-refractivity contribution < 1.29 is 19.4 Å². The van der Waals surface area contributed by atoms with Crippen LogP contribution in [-0.2, 0) is 4.74 Å². The lowest BCUT2D eigenvalue weighted by atomic mass is 10.0. The molecule has 5 heteroatoms. The van der Waals surface area contributed by atoms with E-state index in [1.807, 2.05) is 13.8 Å². The van der Waals surface area contributed by atoms with Crippen molar-refractivity contribution in [3.05, 3.63) is 47.2 Å². The first kappa shape index (κ1) is 16.2. The van der Waals surface area contributed by atoms with Gasteiger partial charge in [-0.2, -0.15) is 0 Å². The number of carbonyl (C=O) groups is 2. The van der Waals surface area contributed by atoms with E-state index in [2.05, 4.69) is 0 Å². The standard InChI is InChI=1S/C17H21NO4/c1-12(19)8-11-22-17(2,3)9-10-18-15(20)13-6-4-5-7-14(13)16(18)21/h4-8,19H,9-11H2,1-3H3/b12-8+. The molecule has 0 unspecified atom stereocenters. The number of nitrogens with zero attached hydrogens (tertiary/aromatic N) is 1. The predicted molar refractivity (Wildman–Crippen MR) is 82.8 cm³/mol. The number of hydrogen-bond acceptors (Lipinski definition) is 4. The van der Waals surface area contributed by atoms with Gasteiger partial charge in [-0.25, -0.2) is 0 Å². The molecular formula is C17H21NO4. The number of imide groups is 1. The average Bonchev–Trinajstić information content (AvgIpc) is 2.69. The van der Waals surface area contributed by atoms with Crippen molar-refractivity contribution in [3.63, 3.8) is 0 Å². The molecule has 0 saturated heterocycles. The summed E-state index contributed by atoms with van der Waals surface area (Å²) in [5.74, 6) is -0.291. The third kappa shape index (κ3) is 3.54. The van der Waals surface area contributed by atoms with Gasteiger partial charge in [-0.3, -0.25) is 14.5 Å². The van der Waals surface area contributed by atoms with Gasteiger partial charge >= 0.3 is 0 Å². The molecule has 1 aliphatic rings. The molecule has 2 amide bonds. The minimum atomic E-state index is -0.499. The molecule has 22 heavy (non-hydrogen) atoms. The summed E-state index contributed by atoms with van der Waals surface area (Å²) < 4.78 is 5.66. The third-order valence-electron chi connectivity index (χ3n) is 3.67. The molecule has 0 aromatic heterocycles. The number of benzene rings is 1. The second kappa shape index (κ2) is 6.32. The Bertz CT molecular complexity index is 580. The molecule has 1 aromatic rings. The van der Waals surface area contributed by atoms with Crippen LogP contribution in [0.3, 0.4) is 0 Å². The average molecular weight is 303 g/mol. The Morgan fingerprint density at radius 1 is 1.23 bits per heavy atom. The highest BCUT2D eigenvalue weighted by molar-refractivity contribution is 6.21. The molecule has 118 valence electrons. The highest BCUT2D eigenvalue weighted by Gasteiger charge is 2.35. The fourth-order valence-electron chi connectivity index (χ4n) is 2.28. The van der Waals surface area contributed by atoms with Crippen LogP contribution in [0.2, 0.25) is 0 Å². The molecule has 2 rings (SSSR count). The number of hydrogen-bond donors (Lipinski definition) is 1. The van der Waals surface area contributed by atoms with Crippen molar-refractivity contribution in [3.8, 4) is 0 Å². The molecule has 0 aliphatic carbocycles. The number of fused-ring (bicyclic) bond motifs is 1. The number of aliphatic hydroxyl groups excluding tert-OH is 1. The van der Waals surface area contributed by atoms with Crippen molar-refractivity contribution in [1.82, 2.24) is 4.90 Å². The maximum absolute atomic E-state index is 12.2. The van der Waals surface area contributed by atoms with Crippen molar-refractivity contribution in [2.24, 2.45) is 0 Å². The summed E-state index contributed by atoms with van der Waals surface area (Å²) in [5.41, 5.74) is 0.427. The van der Waals surface area contributed by atoms with Crippen LogP contribution in [0.1, 0.15) is 47.9 Å². The van der Waals surface area contributed by atoms with Gasteiger partial charge in [-0.1, -0.05) is 12.1 Å². The molecule has 0 spiro atoms. The van der Waals surface area contributed by atoms with Gasteiger partial charge in [0.2, 0.25) is 0 Å². The first-order valence-electron chi connectivity index (χ1n) is 7.27. The maximum atomic E-state index is 12.2. The van der Waals surface area contributed by atoms with E-state index in [4.69, 9.17) is 9.84 Å². The first-order chi connectivity index (χ1) is 10.3. The van der Waals surface area contributed by atoms with E-state index < -0.39 is 5.60 Å². The summed E-state index contributed by atoms with van der Waals surface area (Å²) in [6, 6.07) is 6.85. The van der Waals surface area contributed by atoms with E-state index in [-0.39, 0.29) is 24.2 Å². The summed E-state index contributed by atoms with van der Waals surface area (Å²) in [7, 11) is 0. The Balaban J connectivity index is 1.97. The van der Waals surface area contributed by atoms with Gasteiger partial charge in [0.05, 0.1) is 29.1 Å². The number of allylic oxidation sites excluding steroid dienone is 1. The van der Waals surface area contributed by atoms with Crippen molar-refractivity contribution in [2.45, 2.75) is 32.8 Å². The SMILES string of the molecule is C/C(O)=C\COC(C)(C)CCN1C(=O)c2ccccc2C1=O. The fourth-order valence-corrected chi connectivity index (χ4v) is 2.28. The van der Waals surface area contributed by atoms with Crippen LogP contribution in [0, 0.1) is 0 Å². The summed E-state index contributed by atoms with van der Waals surface area (Å²) in [6.07, 6.45) is 2.10. The second-order valence-electron chi connectivity index (χ2n) is 5.97. The molecule has 1 N–H and O–H groups in total. The van der Waals surface area contributed by atoms with Crippen LogP contribution in [0.15, 0.2) is 36.1 Å². The second-order valence-corrected chi connectivity index (χ2v) is 5.97. The predicted octanol–water partition coefficient (Wildman–Crippen LogP) is 2.93. The van der Waals surface area contributed by atoms with Crippen molar-refractivity contribution >= 4 is 11.8 Å². The van der Waals surface area contributed by atoms with Crippen LogP contribution in [0.25, 0.3) is 0 Å². The van der Waals surface area contributed by atoms with Gasteiger partial charge in [0, 0.05) is 6.54 Å². The van der Waals surface area contributed by atoms with E-state index in [1.54, 1.807) is 37.3 Å². The van der Waals surface area contributed by atoms with Crippen LogP contribution >= 0.6 is 0 Å². The molecular weight excluding hydrogens is 282 g/mol. The normalized spacial score (nSPS) is 15.4. The minimum absolute atomic E-state index is 0.205. The van der Waals surface area contributed by atoms with E-state index in [0.29, 0.717) is 24.1 Å². The zero-order chi connectivity index (χ0) is 16.3. The van der Waals surface area contributed by atoms with Gasteiger partial charge in [-0.05, 0) is 45.4 Å². The molecule has 1 aromatic carbocycles. The van der Waals surface area contributed by atoms with E-state index >= 15 is 0 Å². The van der Waals surface area contributed by atoms with Crippen LogP contribution < -0.4 is 0 Å². The molecule has 0 fully saturated rings. The lowest BCUT2D eigenvalue weighted by Crippen LogP contribution is -2.36. The number of amides is 2. The molecule has 0 saturated carbocycles. The highest BCUT2D eigenvalue weighted by atomic mass is 16.5. The molecule has 1 heterocycles. The summed E-state index contributed by atoms with van der Waals surface area (Å²) in [5, 5.41) is 9.10. The zero-order valence-corrected chi connectivity index (χ0v) is 13.1. The van der Waals surface area contributed by atoms with Crippen LogP contribution in [0.5, 0.6) is 0 Å². The summed E-state index contributed by atoms with van der Waals surface area (Å²) in [6.45, 7) is 5.96. The summed E-state index contributed by atoms with van der Waals surface area (Å²) >= 11 is 0. The fraction of sp³-hybridized carbons (Fsp3) is 0.412.